The summed E-state index contributed by atoms with van der Waals surface area (Å²) in [5.41, 5.74) is 0.959. The van der Waals surface area contributed by atoms with E-state index in [9.17, 15) is 14.4 Å². The van der Waals surface area contributed by atoms with Crippen LogP contribution < -0.4 is 16.6 Å². The van der Waals surface area contributed by atoms with Gasteiger partial charge in [0.25, 0.3) is 5.56 Å². The minimum absolute atomic E-state index is 0.312. The third-order valence-corrected chi connectivity index (χ3v) is 4.54. The summed E-state index contributed by atoms with van der Waals surface area (Å²) in [6, 6.07) is 18.1. The van der Waals surface area contributed by atoms with E-state index >= 15 is 0 Å². The second-order valence-corrected chi connectivity index (χ2v) is 6.80. The van der Waals surface area contributed by atoms with Gasteiger partial charge in [-0.15, -0.1) is 0 Å². The van der Waals surface area contributed by atoms with Crippen molar-refractivity contribution in [2.45, 2.75) is 19.5 Å². The molecule has 0 spiro atoms. The lowest BCUT2D eigenvalue weighted by atomic mass is 10.1. The van der Waals surface area contributed by atoms with E-state index in [0.29, 0.717) is 24.5 Å². The van der Waals surface area contributed by atoms with Gasteiger partial charge in [-0.25, -0.2) is 4.79 Å². The van der Waals surface area contributed by atoms with Crippen LogP contribution in [0, 0.1) is 0 Å². The predicted molar refractivity (Wildman–Crippen MR) is 109 cm³/mol. The molecule has 0 aliphatic carbocycles. The Balaban J connectivity index is 1.63. The van der Waals surface area contributed by atoms with Gasteiger partial charge < -0.3 is 5.32 Å². The van der Waals surface area contributed by atoms with E-state index in [0.717, 1.165) is 15.7 Å². The molecule has 3 rings (SSSR count). The van der Waals surface area contributed by atoms with E-state index < -0.39 is 11.2 Å². The predicted octanol–water partition coefficient (Wildman–Crippen LogP) is 2.07. The van der Waals surface area contributed by atoms with E-state index in [2.05, 4.69) is 5.32 Å². The number of hydrogen-bond acceptors (Lipinski definition) is 3. The van der Waals surface area contributed by atoms with Crippen molar-refractivity contribution in [1.29, 1.82) is 0 Å². The third-order valence-electron chi connectivity index (χ3n) is 4.29. The Morgan fingerprint density at radius 1 is 0.929 bits per heavy atom. The molecule has 1 heterocycles. The number of hydrogen-bond donors (Lipinski definition) is 1. The fraction of sp³-hybridized carbons (Fsp3) is 0.190. The van der Waals surface area contributed by atoms with Crippen LogP contribution in [0.25, 0.3) is 0 Å². The van der Waals surface area contributed by atoms with E-state index in [-0.39, 0.29) is 12.5 Å². The van der Waals surface area contributed by atoms with Crippen LogP contribution in [0.15, 0.2) is 76.4 Å². The topological polar surface area (TPSA) is 73.1 Å². The largest absolute Gasteiger partial charge is 0.354 e. The summed E-state index contributed by atoms with van der Waals surface area (Å²) < 4.78 is 2.36. The molecule has 0 saturated heterocycles. The van der Waals surface area contributed by atoms with Crippen molar-refractivity contribution in [2.75, 3.05) is 6.54 Å². The number of carbonyl (C=O) groups excluding carboxylic acids is 1. The molecular formula is C21H20ClN3O3. The molecule has 0 aliphatic rings. The number of aromatic nitrogens is 2. The number of benzene rings is 2. The van der Waals surface area contributed by atoms with Gasteiger partial charge in [-0.1, -0.05) is 54.1 Å². The normalized spacial score (nSPS) is 10.6. The fourth-order valence-corrected chi connectivity index (χ4v) is 2.93. The number of rotatable bonds is 7. The molecule has 1 amide bonds. The van der Waals surface area contributed by atoms with E-state index in [1.807, 2.05) is 42.5 Å². The molecule has 28 heavy (non-hydrogen) atoms. The standard InChI is InChI=1S/C21H20ClN3O3/c22-18-8-6-16(7-9-18)10-12-23-19(26)15-25-20(27)11-13-24(21(25)28)14-17-4-2-1-3-5-17/h1-9,11,13H,10,12,14-15H2,(H,23,26). The second kappa shape index (κ2) is 9.19. The Bertz CT molecular complexity index is 1060. The van der Waals surface area contributed by atoms with Crippen LogP contribution >= 0.6 is 11.6 Å². The van der Waals surface area contributed by atoms with Crippen LogP contribution in [-0.4, -0.2) is 21.6 Å². The number of nitrogens with zero attached hydrogens (tertiary/aromatic N) is 2. The minimum Gasteiger partial charge on any atom is -0.354 e. The summed E-state index contributed by atoms with van der Waals surface area (Å²) in [4.78, 5) is 36.8. The van der Waals surface area contributed by atoms with Crippen LogP contribution in [0.2, 0.25) is 5.02 Å². The van der Waals surface area contributed by atoms with Crippen molar-refractivity contribution in [1.82, 2.24) is 14.5 Å². The van der Waals surface area contributed by atoms with Crippen molar-refractivity contribution >= 4 is 17.5 Å². The first kappa shape index (κ1) is 19.6. The first-order valence-corrected chi connectivity index (χ1v) is 9.26. The maximum absolute atomic E-state index is 12.6. The van der Waals surface area contributed by atoms with Gasteiger partial charge in [-0.2, -0.15) is 0 Å². The first-order valence-electron chi connectivity index (χ1n) is 8.88. The van der Waals surface area contributed by atoms with Crippen LogP contribution in [0.3, 0.4) is 0 Å². The first-order chi connectivity index (χ1) is 13.5. The number of halogens is 1. The second-order valence-electron chi connectivity index (χ2n) is 6.36. The smallest absolute Gasteiger partial charge is 0.331 e. The SMILES string of the molecule is O=C(Cn1c(=O)ccn(Cc2ccccc2)c1=O)NCCc1ccc(Cl)cc1. The molecule has 0 radical (unpaired) electrons. The Morgan fingerprint density at radius 2 is 1.64 bits per heavy atom. The van der Waals surface area contributed by atoms with Crippen molar-refractivity contribution in [3.05, 3.63) is 104 Å². The zero-order valence-corrected chi connectivity index (χ0v) is 15.9. The third kappa shape index (κ3) is 5.20. The Morgan fingerprint density at radius 3 is 2.36 bits per heavy atom. The lowest BCUT2D eigenvalue weighted by molar-refractivity contribution is -0.121. The van der Waals surface area contributed by atoms with E-state index in [1.165, 1.54) is 16.8 Å². The van der Waals surface area contributed by atoms with Gasteiger partial charge in [0, 0.05) is 23.8 Å². The molecule has 1 N–H and O–H groups in total. The van der Waals surface area contributed by atoms with Crippen molar-refractivity contribution in [2.24, 2.45) is 0 Å². The van der Waals surface area contributed by atoms with Gasteiger partial charge in [0.1, 0.15) is 6.54 Å². The zero-order chi connectivity index (χ0) is 19.9. The van der Waals surface area contributed by atoms with Crippen LogP contribution in [0.4, 0.5) is 0 Å². The Kier molecular flexibility index (Phi) is 6.45. The lowest BCUT2D eigenvalue weighted by Gasteiger charge is -2.10. The minimum atomic E-state index is -0.510. The molecule has 0 unspecified atom stereocenters. The maximum atomic E-state index is 12.6. The summed E-state index contributed by atoms with van der Waals surface area (Å²) in [6.45, 7) is 0.423. The van der Waals surface area contributed by atoms with Gasteiger partial charge in [-0.05, 0) is 29.7 Å². The summed E-state index contributed by atoms with van der Waals surface area (Å²) in [5.74, 6) is -0.384. The van der Waals surface area contributed by atoms with Gasteiger partial charge in [0.05, 0.1) is 6.54 Å². The molecule has 144 valence electrons. The Hall–Kier alpha value is -3.12. The van der Waals surface area contributed by atoms with Crippen molar-refractivity contribution in [3.8, 4) is 0 Å². The van der Waals surface area contributed by atoms with E-state index in [1.54, 1.807) is 12.1 Å². The van der Waals surface area contributed by atoms with E-state index in [4.69, 9.17) is 11.6 Å². The number of amides is 1. The van der Waals surface area contributed by atoms with Gasteiger partial charge in [0.2, 0.25) is 5.91 Å². The lowest BCUT2D eigenvalue weighted by Crippen LogP contribution is -2.43. The monoisotopic (exact) mass is 397 g/mol. The van der Waals surface area contributed by atoms with Crippen LogP contribution in [0.1, 0.15) is 11.1 Å². The highest BCUT2D eigenvalue weighted by molar-refractivity contribution is 6.30. The quantitative estimate of drug-likeness (QED) is 0.663. The van der Waals surface area contributed by atoms with Crippen LogP contribution in [0.5, 0.6) is 0 Å². The average molecular weight is 398 g/mol. The number of nitrogens with one attached hydrogen (secondary N) is 1. The highest BCUT2D eigenvalue weighted by atomic mass is 35.5. The highest BCUT2D eigenvalue weighted by Gasteiger charge is 2.10. The fourth-order valence-electron chi connectivity index (χ4n) is 2.80. The average Bonchev–Trinajstić information content (AvgIpc) is 2.70. The summed E-state index contributed by atoms with van der Waals surface area (Å²) in [6.07, 6.45) is 2.08. The molecular weight excluding hydrogens is 378 g/mol. The molecule has 7 heteroatoms. The molecule has 1 aromatic heterocycles. The molecule has 0 bridgehead atoms. The molecule has 0 saturated carbocycles. The van der Waals surface area contributed by atoms with Crippen molar-refractivity contribution in [3.63, 3.8) is 0 Å². The van der Waals surface area contributed by atoms with Gasteiger partial charge in [-0.3, -0.25) is 18.7 Å². The molecule has 0 aliphatic heterocycles. The number of carbonyl (C=O) groups is 1. The van der Waals surface area contributed by atoms with Gasteiger partial charge in [0.15, 0.2) is 0 Å². The maximum Gasteiger partial charge on any atom is 0.331 e. The highest BCUT2D eigenvalue weighted by Crippen LogP contribution is 2.09. The zero-order valence-electron chi connectivity index (χ0n) is 15.2. The van der Waals surface area contributed by atoms with Gasteiger partial charge >= 0.3 is 5.69 Å². The molecule has 6 nitrogen and oxygen atoms in total. The molecule has 0 fully saturated rings. The summed E-state index contributed by atoms with van der Waals surface area (Å²) in [5, 5.41) is 3.39. The Labute approximate surface area is 167 Å². The van der Waals surface area contributed by atoms with Crippen LogP contribution in [-0.2, 0) is 24.3 Å². The summed E-state index contributed by atoms with van der Waals surface area (Å²) in [7, 11) is 0. The van der Waals surface area contributed by atoms with Crippen molar-refractivity contribution < 1.29 is 4.79 Å². The molecule has 2 aromatic carbocycles. The molecule has 3 aromatic rings. The molecule has 0 atom stereocenters. The summed E-state index contributed by atoms with van der Waals surface area (Å²) >= 11 is 5.85.